The van der Waals surface area contributed by atoms with Crippen LogP contribution in [0.1, 0.15) is 62.1 Å². The Balaban J connectivity index is 0.938. The second kappa shape index (κ2) is 17.6. The van der Waals surface area contributed by atoms with E-state index in [2.05, 4.69) is 72.8 Å². The molecule has 0 atom stereocenters. The van der Waals surface area contributed by atoms with Gasteiger partial charge in [-0.05, 0) is 74.9 Å². The molecule has 2 heteroatoms. The van der Waals surface area contributed by atoms with Crippen molar-refractivity contribution in [3.8, 4) is 0 Å². The van der Waals surface area contributed by atoms with Crippen molar-refractivity contribution in [1.82, 2.24) is 0 Å². The lowest BCUT2D eigenvalue weighted by Gasteiger charge is -2.15. The van der Waals surface area contributed by atoms with E-state index in [9.17, 15) is 9.59 Å². The minimum Gasteiger partial charge on any atom is -0.289 e. The minimum absolute atomic E-state index is 0.0485. The summed E-state index contributed by atoms with van der Waals surface area (Å²) in [5, 5.41) is 0. The number of allylic oxidation sites excluding steroid dienone is 8. The summed E-state index contributed by atoms with van der Waals surface area (Å²) in [5.74, 6) is 0.0970. The number of Topliss-reactive ketones (excluding diaryl/α,β-unsaturated/α-hetero) is 2. The molecule has 0 spiro atoms. The fraction of sp³-hybridized carbons (Fsp3) is 0.0492. The van der Waals surface area contributed by atoms with Gasteiger partial charge in [0.15, 0.2) is 11.6 Å². The molecule has 300 valence electrons. The molecule has 0 unspecified atom stereocenters. The number of carbonyl (C=O) groups is 2. The Kier molecular flexibility index (Phi) is 10.9. The Morgan fingerprint density at radius 2 is 0.397 bits per heavy atom. The average Bonchev–Trinajstić information content (AvgIpc) is 3.84. The first-order chi connectivity index (χ1) is 31.1. The Labute approximate surface area is 369 Å². The normalized spacial score (nSPS) is 14.0. The SMILES string of the molecule is O=C1C(c2ccccc2)=C(c2ccccc2)C(c2ccc(CCCc3ccc(C4=C(c5ccccc5)C(=O)C(c5ccccc5)=C4c4ccccc4)cc3)cc2)=C1c1ccccc1. The monoisotopic (exact) mass is 808 g/mol. The smallest absolute Gasteiger partial charge is 0.195 e. The highest BCUT2D eigenvalue weighted by molar-refractivity contribution is 6.60. The van der Waals surface area contributed by atoms with E-state index in [0.717, 1.165) is 108 Å². The van der Waals surface area contributed by atoms with Gasteiger partial charge in [0.1, 0.15) is 0 Å². The van der Waals surface area contributed by atoms with Crippen LogP contribution in [0.25, 0.3) is 44.6 Å². The Morgan fingerprint density at radius 3 is 0.619 bits per heavy atom. The molecule has 0 N–H and O–H groups in total. The minimum atomic E-state index is 0.0485. The van der Waals surface area contributed by atoms with Crippen molar-refractivity contribution < 1.29 is 9.59 Å². The summed E-state index contributed by atoms with van der Waals surface area (Å²) in [7, 11) is 0. The first-order valence-corrected chi connectivity index (χ1v) is 21.7. The number of hydrogen-bond acceptors (Lipinski definition) is 2. The van der Waals surface area contributed by atoms with E-state index in [1.807, 2.05) is 158 Å². The summed E-state index contributed by atoms with van der Waals surface area (Å²) >= 11 is 0. The van der Waals surface area contributed by atoms with Crippen LogP contribution in [-0.2, 0) is 22.4 Å². The van der Waals surface area contributed by atoms with Gasteiger partial charge in [-0.25, -0.2) is 0 Å². The molecule has 0 fully saturated rings. The molecule has 0 saturated carbocycles. The molecule has 0 bridgehead atoms. The van der Waals surface area contributed by atoms with Crippen LogP contribution in [0.5, 0.6) is 0 Å². The topological polar surface area (TPSA) is 34.1 Å². The lowest BCUT2D eigenvalue weighted by Crippen LogP contribution is -2.01. The number of hydrogen-bond donors (Lipinski definition) is 0. The van der Waals surface area contributed by atoms with Crippen LogP contribution >= 0.6 is 0 Å². The Morgan fingerprint density at radius 1 is 0.206 bits per heavy atom. The van der Waals surface area contributed by atoms with Crippen LogP contribution in [-0.4, -0.2) is 11.6 Å². The van der Waals surface area contributed by atoms with Crippen molar-refractivity contribution in [2.24, 2.45) is 0 Å². The molecule has 0 aromatic heterocycles. The fourth-order valence-corrected chi connectivity index (χ4v) is 9.26. The highest BCUT2D eigenvalue weighted by Gasteiger charge is 2.37. The molecule has 0 saturated heterocycles. The molecular weight excluding hydrogens is 765 g/mol. The number of aryl methyl sites for hydroxylation is 2. The summed E-state index contributed by atoms with van der Waals surface area (Å²) in [6.07, 6.45) is 2.81. The molecule has 8 aromatic rings. The van der Waals surface area contributed by atoms with Crippen LogP contribution in [0, 0.1) is 0 Å². The summed E-state index contributed by atoms with van der Waals surface area (Å²) in [5.41, 5.74) is 17.1. The van der Waals surface area contributed by atoms with Crippen LogP contribution in [0.15, 0.2) is 231 Å². The van der Waals surface area contributed by atoms with Crippen LogP contribution in [0.3, 0.4) is 0 Å². The van der Waals surface area contributed by atoms with E-state index in [0.29, 0.717) is 0 Å². The predicted molar refractivity (Wildman–Crippen MR) is 261 cm³/mol. The standard InChI is InChI=1S/C61H44O2/c62-60-56(46-26-11-3-12-27-46)52(44-22-7-1-8-23-44)54(58(60)48-30-15-5-16-31-48)50-38-34-42(35-39-50)20-19-21-43-36-40-51(41-37-43)55-53(45-24-9-2-10-25-45)57(47-28-13-4-14-29-47)61(63)59(55)49-32-17-6-18-33-49/h1-18,22-41H,19-21H2. The molecule has 0 heterocycles. The lowest BCUT2D eigenvalue weighted by atomic mass is 9.88. The molecule has 8 aromatic carbocycles. The Bertz CT molecular complexity index is 2850. The zero-order chi connectivity index (χ0) is 42.5. The molecule has 2 aliphatic rings. The zero-order valence-corrected chi connectivity index (χ0v) is 34.9. The molecule has 63 heavy (non-hydrogen) atoms. The van der Waals surface area contributed by atoms with E-state index in [4.69, 9.17) is 0 Å². The number of carbonyl (C=O) groups excluding carboxylic acids is 2. The third-order valence-electron chi connectivity index (χ3n) is 12.2. The molecule has 0 amide bonds. The van der Waals surface area contributed by atoms with Gasteiger partial charge in [0.2, 0.25) is 0 Å². The fourth-order valence-electron chi connectivity index (χ4n) is 9.26. The number of rotatable bonds is 12. The summed E-state index contributed by atoms with van der Waals surface area (Å²) in [4.78, 5) is 29.3. The first-order valence-electron chi connectivity index (χ1n) is 21.7. The van der Waals surface area contributed by atoms with Gasteiger partial charge < -0.3 is 0 Å². The average molecular weight is 809 g/mol. The van der Waals surface area contributed by atoms with Crippen molar-refractivity contribution in [1.29, 1.82) is 0 Å². The van der Waals surface area contributed by atoms with Gasteiger partial charge in [-0.1, -0.05) is 231 Å². The molecule has 0 radical (unpaired) electrons. The van der Waals surface area contributed by atoms with Gasteiger partial charge in [0.05, 0.1) is 0 Å². The van der Waals surface area contributed by atoms with Crippen molar-refractivity contribution in [2.75, 3.05) is 0 Å². The van der Waals surface area contributed by atoms with E-state index >= 15 is 0 Å². The van der Waals surface area contributed by atoms with Crippen molar-refractivity contribution >= 4 is 56.2 Å². The maximum Gasteiger partial charge on any atom is 0.195 e. The van der Waals surface area contributed by atoms with Crippen molar-refractivity contribution in [3.63, 3.8) is 0 Å². The molecule has 10 rings (SSSR count). The van der Waals surface area contributed by atoms with Gasteiger partial charge in [0.25, 0.3) is 0 Å². The molecular formula is C61H44O2. The van der Waals surface area contributed by atoms with Crippen LogP contribution < -0.4 is 0 Å². The third-order valence-corrected chi connectivity index (χ3v) is 12.2. The van der Waals surface area contributed by atoms with E-state index in [1.54, 1.807) is 0 Å². The van der Waals surface area contributed by atoms with Gasteiger partial charge in [-0.3, -0.25) is 9.59 Å². The first kappa shape index (κ1) is 39.2. The second-order valence-corrected chi connectivity index (χ2v) is 16.1. The highest BCUT2D eigenvalue weighted by Crippen LogP contribution is 2.51. The van der Waals surface area contributed by atoms with Gasteiger partial charge in [-0.2, -0.15) is 0 Å². The molecule has 2 aliphatic carbocycles. The largest absolute Gasteiger partial charge is 0.289 e. The Hall–Kier alpha value is -7.94. The third kappa shape index (κ3) is 7.69. The zero-order valence-electron chi connectivity index (χ0n) is 34.9. The van der Waals surface area contributed by atoms with E-state index < -0.39 is 0 Å². The van der Waals surface area contributed by atoms with Crippen LogP contribution in [0.4, 0.5) is 0 Å². The van der Waals surface area contributed by atoms with Gasteiger partial charge >= 0.3 is 0 Å². The lowest BCUT2D eigenvalue weighted by molar-refractivity contribution is -0.109. The molecule has 2 nitrogen and oxygen atoms in total. The maximum atomic E-state index is 14.6. The molecule has 0 aliphatic heterocycles. The number of ketones is 2. The van der Waals surface area contributed by atoms with Gasteiger partial charge in [0, 0.05) is 44.6 Å². The van der Waals surface area contributed by atoms with E-state index in [1.165, 1.54) is 11.1 Å². The quantitative estimate of drug-likeness (QED) is 0.123. The number of benzene rings is 8. The van der Waals surface area contributed by atoms with Crippen molar-refractivity contribution in [3.05, 3.63) is 286 Å². The summed E-state index contributed by atoms with van der Waals surface area (Å²) < 4.78 is 0. The van der Waals surface area contributed by atoms with Gasteiger partial charge in [-0.15, -0.1) is 0 Å². The van der Waals surface area contributed by atoms with Crippen LogP contribution in [0.2, 0.25) is 0 Å². The second-order valence-electron chi connectivity index (χ2n) is 16.1. The summed E-state index contributed by atoms with van der Waals surface area (Å²) in [6.45, 7) is 0. The summed E-state index contributed by atoms with van der Waals surface area (Å²) in [6, 6.07) is 78.5. The maximum absolute atomic E-state index is 14.6. The highest BCUT2D eigenvalue weighted by atomic mass is 16.1. The van der Waals surface area contributed by atoms with Crippen molar-refractivity contribution in [2.45, 2.75) is 19.3 Å². The van der Waals surface area contributed by atoms with E-state index in [-0.39, 0.29) is 11.6 Å². The predicted octanol–water partition coefficient (Wildman–Crippen LogP) is 14.1.